The molecule has 0 heterocycles. The minimum Gasteiger partial charge on any atom is -0.484 e. The molecule has 0 radical (unpaired) electrons. The van der Waals surface area contributed by atoms with E-state index in [9.17, 15) is 9.59 Å². The van der Waals surface area contributed by atoms with E-state index in [-0.39, 0.29) is 25.0 Å². The zero-order valence-corrected chi connectivity index (χ0v) is 13.8. The number of hydrogen-bond acceptors (Lipinski definition) is 4. The molecule has 0 aliphatic heterocycles. The van der Waals surface area contributed by atoms with Crippen LogP contribution in [-0.2, 0) is 9.59 Å². The monoisotopic (exact) mass is 327 g/mol. The molecule has 0 aliphatic carbocycles. The molecular formula is C18H21N3O3. The molecule has 6 nitrogen and oxygen atoms in total. The Bertz CT molecular complexity index is 727. The van der Waals surface area contributed by atoms with Crippen molar-refractivity contribution < 1.29 is 14.3 Å². The third-order valence-electron chi connectivity index (χ3n) is 3.36. The van der Waals surface area contributed by atoms with Crippen LogP contribution in [0, 0.1) is 13.8 Å². The van der Waals surface area contributed by atoms with Gasteiger partial charge in [0, 0.05) is 11.4 Å². The lowest BCUT2D eigenvalue weighted by Gasteiger charge is -2.11. The van der Waals surface area contributed by atoms with E-state index in [1.807, 2.05) is 38.1 Å². The Morgan fingerprint density at radius 2 is 1.71 bits per heavy atom. The van der Waals surface area contributed by atoms with Gasteiger partial charge in [0.1, 0.15) is 5.75 Å². The maximum atomic E-state index is 12.0. The maximum Gasteiger partial charge on any atom is 0.262 e. The molecule has 0 spiro atoms. The van der Waals surface area contributed by atoms with Gasteiger partial charge >= 0.3 is 0 Å². The van der Waals surface area contributed by atoms with Gasteiger partial charge in [0.15, 0.2) is 6.61 Å². The van der Waals surface area contributed by atoms with Crippen molar-refractivity contribution in [2.75, 3.05) is 23.8 Å². The molecule has 2 rings (SSSR count). The quantitative estimate of drug-likeness (QED) is 0.758. The molecule has 0 aliphatic rings. The molecule has 126 valence electrons. The average molecular weight is 327 g/mol. The summed E-state index contributed by atoms with van der Waals surface area (Å²) >= 11 is 0. The molecule has 24 heavy (non-hydrogen) atoms. The molecule has 2 aromatic carbocycles. The highest BCUT2D eigenvalue weighted by Crippen LogP contribution is 2.20. The highest BCUT2D eigenvalue weighted by Gasteiger charge is 2.07. The molecule has 0 unspecified atom stereocenters. The van der Waals surface area contributed by atoms with Crippen molar-refractivity contribution in [2.45, 2.75) is 13.8 Å². The maximum absolute atomic E-state index is 12.0. The Kier molecular flexibility index (Phi) is 5.92. The van der Waals surface area contributed by atoms with Gasteiger partial charge in [-0.25, -0.2) is 0 Å². The third kappa shape index (κ3) is 5.10. The van der Waals surface area contributed by atoms with Crippen molar-refractivity contribution in [2.24, 2.45) is 5.73 Å². The van der Waals surface area contributed by atoms with Crippen LogP contribution in [-0.4, -0.2) is 25.0 Å². The number of nitrogens with one attached hydrogen (secondary N) is 2. The second-order valence-corrected chi connectivity index (χ2v) is 5.43. The van der Waals surface area contributed by atoms with E-state index in [2.05, 4.69) is 10.6 Å². The summed E-state index contributed by atoms with van der Waals surface area (Å²) in [6, 6.07) is 12.7. The summed E-state index contributed by atoms with van der Waals surface area (Å²) in [5.41, 5.74) is 8.52. The Morgan fingerprint density at radius 1 is 1.00 bits per heavy atom. The molecule has 0 saturated carbocycles. The van der Waals surface area contributed by atoms with Gasteiger partial charge < -0.3 is 21.1 Å². The smallest absolute Gasteiger partial charge is 0.262 e. The molecule has 0 atom stereocenters. The molecule has 0 bridgehead atoms. The predicted octanol–water partition coefficient (Wildman–Crippen LogP) is 2.22. The predicted molar refractivity (Wildman–Crippen MR) is 94.2 cm³/mol. The Balaban J connectivity index is 1.91. The van der Waals surface area contributed by atoms with Crippen molar-refractivity contribution in [3.63, 3.8) is 0 Å². The summed E-state index contributed by atoms with van der Waals surface area (Å²) in [6.45, 7) is 3.68. The summed E-state index contributed by atoms with van der Waals surface area (Å²) in [5.74, 6) is 0.127. The fraction of sp³-hybridized carbons (Fsp3) is 0.222. The van der Waals surface area contributed by atoms with Gasteiger partial charge in [-0.2, -0.15) is 0 Å². The minimum atomic E-state index is -0.266. The van der Waals surface area contributed by atoms with Crippen LogP contribution in [0.25, 0.3) is 0 Å². The zero-order valence-electron chi connectivity index (χ0n) is 13.8. The number of ether oxygens (including phenoxy) is 1. The van der Waals surface area contributed by atoms with Crippen LogP contribution < -0.4 is 21.1 Å². The minimum absolute atomic E-state index is 0.0752. The molecule has 0 saturated heterocycles. The van der Waals surface area contributed by atoms with Crippen molar-refractivity contribution in [1.82, 2.24) is 0 Å². The average Bonchev–Trinajstić information content (AvgIpc) is 2.56. The van der Waals surface area contributed by atoms with Gasteiger partial charge in [0.05, 0.1) is 6.54 Å². The van der Waals surface area contributed by atoms with Crippen LogP contribution in [0.3, 0.4) is 0 Å². The molecule has 4 N–H and O–H groups in total. The van der Waals surface area contributed by atoms with E-state index in [0.717, 1.165) is 11.1 Å². The summed E-state index contributed by atoms with van der Waals surface area (Å²) in [4.78, 5) is 23.3. The van der Waals surface area contributed by atoms with Crippen molar-refractivity contribution in [1.29, 1.82) is 0 Å². The van der Waals surface area contributed by atoms with Crippen molar-refractivity contribution in [3.05, 3.63) is 53.6 Å². The van der Waals surface area contributed by atoms with Gasteiger partial charge in [0.25, 0.3) is 5.91 Å². The van der Waals surface area contributed by atoms with Crippen LogP contribution in [0.4, 0.5) is 11.4 Å². The first-order valence-electron chi connectivity index (χ1n) is 7.58. The number of aryl methyl sites for hydroxylation is 2. The number of carbonyl (C=O) groups excluding carboxylic acids is 2. The van der Waals surface area contributed by atoms with Crippen molar-refractivity contribution >= 4 is 23.2 Å². The van der Waals surface area contributed by atoms with Gasteiger partial charge in [-0.15, -0.1) is 0 Å². The van der Waals surface area contributed by atoms with Gasteiger partial charge in [-0.05, 0) is 49.7 Å². The van der Waals surface area contributed by atoms with Crippen molar-refractivity contribution in [3.8, 4) is 5.75 Å². The molecule has 0 fully saturated rings. The van der Waals surface area contributed by atoms with Crippen LogP contribution in [0.1, 0.15) is 11.1 Å². The molecule has 2 aromatic rings. The largest absolute Gasteiger partial charge is 0.484 e. The SMILES string of the molecule is Cc1ccc(OCC(=O)Nc2ccc(NC(=O)CN)cc2C)cc1. The Hall–Kier alpha value is -2.86. The normalized spacial score (nSPS) is 10.1. The fourth-order valence-electron chi connectivity index (χ4n) is 2.06. The lowest BCUT2D eigenvalue weighted by molar-refractivity contribution is -0.118. The first-order valence-corrected chi connectivity index (χ1v) is 7.58. The summed E-state index contributed by atoms with van der Waals surface area (Å²) in [6.07, 6.45) is 0. The molecule has 6 heteroatoms. The van der Waals surface area contributed by atoms with Gasteiger partial charge in [0.2, 0.25) is 5.91 Å². The van der Waals surface area contributed by atoms with Crippen LogP contribution in [0.5, 0.6) is 5.75 Å². The van der Waals surface area contributed by atoms with E-state index in [4.69, 9.17) is 10.5 Å². The number of nitrogens with two attached hydrogens (primary N) is 1. The third-order valence-corrected chi connectivity index (χ3v) is 3.36. The van der Waals surface area contributed by atoms with Gasteiger partial charge in [-0.1, -0.05) is 17.7 Å². The molecular weight excluding hydrogens is 306 g/mol. The van der Waals surface area contributed by atoms with E-state index < -0.39 is 0 Å². The summed E-state index contributed by atoms with van der Waals surface area (Å²) in [7, 11) is 0. The summed E-state index contributed by atoms with van der Waals surface area (Å²) < 4.78 is 5.44. The van der Waals surface area contributed by atoms with E-state index in [1.54, 1.807) is 18.2 Å². The van der Waals surface area contributed by atoms with E-state index >= 15 is 0 Å². The number of anilines is 2. The van der Waals surface area contributed by atoms with Crippen LogP contribution >= 0.6 is 0 Å². The topological polar surface area (TPSA) is 93.5 Å². The Morgan fingerprint density at radius 3 is 2.33 bits per heavy atom. The number of hydrogen-bond donors (Lipinski definition) is 3. The number of carbonyl (C=O) groups is 2. The number of rotatable bonds is 6. The lowest BCUT2D eigenvalue weighted by Crippen LogP contribution is -2.22. The number of benzene rings is 2. The Labute approximate surface area is 141 Å². The summed E-state index contributed by atoms with van der Waals surface area (Å²) in [5, 5.41) is 5.45. The second-order valence-electron chi connectivity index (χ2n) is 5.43. The molecule has 2 amide bonds. The fourth-order valence-corrected chi connectivity index (χ4v) is 2.06. The highest BCUT2D eigenvalue weighted by atomic mass is 16.5. The molecule has 0 aromatic heterocycles. The van der Waals surface area contributed by atoms with Gasteiger partial charge in [-0.3, -0.25) is 9.59 Å². The first kappa shape index (κ1) is 17.5. The van der Waals surface area contributed by atoms with Crippen LogP contribution in [0.2, 0.25) is 0 Å². The second kappa shape index (κ2) is 8.12. The van der Waals surface area contributed by atoms with E-state index in [1.165, 1.54) is 0 Å². The van der Waals surface area contributed by atoms with E-state index in [0.29, 0.717) is 17.1 Å². The number of amides is 2. The first-order chi connectivity index (χ1) is 11.5. The lowest BCUT2D eigenvalue weighted by atomic mass is 10.1. The zero-order chi connectivity index (χ0) is 17.5. The standard InChI is InChI=1S/C18H21N3O3/c1-12-3-6-15(7-4-12)24-11-18(23)21-16-8-5-14(9-13(16)2)20-17(22)10-19/h3-9H,10-11,19H2,1-2H3,(H,20,22)(H,21,23). The van der Waals surface area contributed by atoms with Crippen LogP contribution in [0.15, 0.2) is 42.5 Å². The highest BCUT2D eigenvalue weighted by molar-refractivity contribution is 5.94.